The molecule has 3 amide bonds. The van der Waals surface area contributed by atoms with Gasteiger partial charge in [-0.2, -0.15) is 0 Å². The van der Waals surface area contributed by atoms with Crippen LogP contribution in [0.2, 0.25) is 0 Å². The summed E-state index contributed by atoms with van der Waals surface area (Å²) in [6.07, 6.45) is 2.31. The third-order valence-electron chi connectivity index (χ3n) is 8.50. The number of halogens is 1. The highest BCUT2D eigenvalue weighted by Crippen LogP contribution is 2.33. The third kappa shape index (κ3) is 11.2. The van der Waals surface area contributed by atoms with Crippen LogP contribution >= 0.6 is 12.2 Å². The standard InChI is InChI=1S/C38H52FN5O9S/c1-37(2,3)52-35(46)43-19-23(20-43)22-51-28-18-40-16-15-24(28)17-41-31-25(13-14-29(48-7)49-8)21-44(36(47)53-38(4,5)6)34(45)30(31)33(54)42-27-12-10-11-26(39)32(27)50-9/h10-12,15-16,18,23,25,29,41H,13-14,17,19-22H2,1-9H3,(H,42,54). The molecule has 4 rings (SSSR count). The van der Waals surface area contributed by atoms with Crippen LogP contribution < -0.4 is 20.1 Å². The van der Waals surface area contributed by atoms with Crippen LogP contribution in [0.15, 0.2) is 47.9 Å². The van der Waals surface area contributed by atoms with E-state index in [1.165, 1.54) is 33.5 Å². The number of amides is 3. The zero-order valence-electron chi connectivity index (χ0n) is 32.4. The second-order valence-corrected chi connectivity index (χ2v) is 15.4. The summed E-state index contributed by atoms with van der Waals surface area (Å²) in [4.78, 5) is 47.1. The van der Waals surface area contributed by atoms with E-state index in [9.17, 15) is 18.8 Å². The average molecular weight is 774 g/mol. The van der Waals surface area contributed by atoms with E-state index in [1.54, 1.807) is 50.2 Å². The lowest BCUT2D eigenvalue weighted by Gasteiger charge is -2.39. The van der Waals surface area contributed by atoms with Crippen molar-refractivity contribution >= 4 is 41.0 Å². The number of carbonyl (C=O) groups excluding carboxylic acids is 3. The van der Waals surface area contributed by atoms with Gasteiger partial charge >= 0.3 is 12.2 Å². The lowest BCUT2D eigenvalue weighted by atomic mass is 9.90. The smallest absolute Gasteiger partial charge is 0.417 e. The number of rotatable bonds is 14. The zero-order chi connectivity index (χ0) is 39.8. The number of likely N-dealkylation sites (tertiary alicyclic amines) is 1. The lowest BCUT2D eigenvalue weighted by Crippen LogP contribution is -2.53. The Hall–Kier alpha value is -4.54. The van der Waals surface area contributed by atoms with Gasteiger partial charge in [-0.25, -0.2) is 18.9 Å². The Bertz CT molecular complexity index is 1700. The quantitative estimate of drug-likeness (QED) is 0.170. The van der Waals surface area contributed by atoms with Crippen molar-refractivity contribution in [3.63, 3.8) is 0 Å². The average Bonchev–Trinajstić information content (AvgIpc) is 3.06. The molecule has 296 valence electrons. The highest BCUT2D eigenvalue weighted by molar-refractivity contribution is 7.81. The van der Waals surface area contributed by atoms with Gasteiger partial charge in [0.25, 0.3) is 5.91 Å². The zero-order valence-corrected chi connectivity index (χ0v) is 33.3. The number of hydrogen-bond donors (Lipinski definition) is 2. The molecule has 0 radical (unpaired) electrons. The minimum atomic E-state index is -0.884. The summed E-state index contributed by atoms with van der Waals surface area (Å²) in [6.45, 7) is 12.1. The van der Waals surface area contributed by atoms with Gasteiger partial charge < -0.3 is 44.0 Å². The number of hydrogen-bond acceptors (Lipinski definition) is 12. The molecule has 1 aromatic carbocycles. The van der Waals surface area contributed by atoms with E-state index >= 15 is 0 Å². The molecule has 2 N–H and O–H groups in total. The number of imide groups is 1. The molecule has 2 aliphatic rings. The van der Waals surface area contributed by atoms with Gasteiger partial charge in [0, 0.05) is 69.7 Å². The Morgan fingerprint density at radius 1 is 1.00 bits per heavy atom. The van der Waals surface area contributed by atoms with Gasteiger partial charge in [-0.05, 0) is 72.6 Å². The van der Waals surface area contributed by atoms with Crippen LogP contribution in [0.4, 0.5) is 19.7 Å². The number of methoxy groups -OCH3 is 3. The first kappa shape index (κ1) is 42.2. The van der Waals surface area contributed by atoms with Gasteiger partial charge in [-0.1, -0.05) is 18.3 Å². The SMILES string of the molecule is COc1c(F)cccc1NC(=S)C1=C(NCc2ccncc2OCC2CN(C(=O)OC(C)(C)C)C2)C(CCC(OC)OC)CN(C(=O)OC(C)(C)C)C1=O. The Balaban J connectivity index is 1.65. The van der Waals surface area contributed by atoms with Crippen molar-refractivity contribution in [1.82, 2.24) is 20.1 Å². The third-order valence-corrected chi connectivity index (χ3v) is 8.81. The van der Waals surface area contributed by atoms with Crippen LogP contribution in [0.5, 0.6) is 11.5 Å². The fourth-order valence-corrected chi connectivity index (χ4v) is 6.22. The highest BCUT2D eigenvalue weighted by atomic mass is 32.1. The van der Waals surface area contributed by atoms with Crippen LogP contribution in [0.25, 0.3) is 0 Å². The number of benzene rings is 1. The number of para-hydroxylation sites is 1. The van der Waals surface area contributed by atoms with Crippen molar-refractivity contribution in [3.8, 4) is 11.5 Å². The number of aromatic nitrogens is 1. The van der Waals surface area contributed by atoms with Crippen molar-refractivity contribution in [2.75, 3.05) is 52.9 Å². The molecular formula is C38H52FN5O9S. The Morgan fingerprint density at radius 2 is 1.67 bits per heavy atom. The van der Waals surface area contributed by atoms with E-state index in [-0.39, 0.29) is 47.1 Å². The number of nitrogens with one attached hydrogen (secondary N) is 2. The Morgan fingerprint density at radius 3 is 2.30 bits per heavy atom. The molecule has 0 spiro atoms. The molecule has 1 fully saturated rings. The minimum Gasteiger partial charge on any atom is -0.492 e. The van der Waals surface area contributed by atoms with Crippen molar-refractivity contribution in [1.29, 1.82) is 0 Å². The Labute approximate surface area is 321 Å². The van der Waals surface area contributed by atoms with E-state index in [1.807, 2.05) is 20.8 Å². The van der Waals surface area contributed by atoms with Gasteiger partial charge in [0.1, 0.15) is 21.9 Å². The number of carbonyl (C=O) groups is 3. The second kappa shape index (κ2) is 18.2. The van der Waals surface area contributed by atoms with Crippen LogP contribution in [-0.4, -0.2) is 103 Å². The molecule has 3 heterocycles. The Kier molecular flexibility index (Phi) is 14.2. The van der Waals surface area contributed by atoms with Crippen LogP contribution in [-0.2, 0) is 30.3 Å². The van der Waals surface area contributed by atoms with E-state index in [2.05, 4.69) is 15.6 Å². The number of anilines is 1. The summed E-state index contributed by atoms with van der Waals surface area (Å²) in [5.41, 5.74) is -0.0865. The summed E-state index contributed by atoms with van der Waals surface area (Å²) in [5, 5.41) is 6.41. The van der Waals surface area contributed by atoms with Crippen molar-refractivity contribution in [2.24, 2.45) is 11.8 Å². The molecule has 1 unspecified atom stereocenters. The molecule has 16 heteroatoms. The number of pyridine rings is 1. The molecule has 0 aliphatic carbocycles. The predicted octanol–water partition coefficient (Wildman–Crippen LogP) is 6.05. The monoisotopic (exact) mass is 773 g/mol. The number of nitrogens with zero attached hydrogens (tertiary/aromatic N) is 3. The molecule has 0 saturated carbocycles. The van der Waals surface area contributed by atoms with E-state index in [4.69, 9.17) is 40.6 Å². The molecule has 2 aromatic rings. The van der Waals surface area contributed by atoms with Crippen molar-refractivity contribution in [2.45, 2.75) is 78.4 Å². The van der Waals surface area contributed by atoms with E-state index in [0.29, 0.717) is 44.0 Å². The molecule has 1 saturated heterocycles. The van der Waals surface area contributed by atoms with Crippen LogP contribution in [0.3, 0.4) is 0 Å². The summed E-state index contributed by atoms with van der Waals surface area (Å²) >= 11 is 5.84. The summed E-state index contributed by atoms with van der Waals surface area (Å²) in [5.74, 6) is -1.29. The van der Waals surface area contributed by atoms with Crippen LogP contribution in [0.1, 0.15) is 59.9 Å². The summed E-state index contributed by atoms with van der Waals surface area (Å²) in [6, 6.07) is 6.08. The number of thiocarbonyl (C=S) groups is 1. The van der Waals surface area contributed by atoms with E-state index in [0.717, 1.165) is 10.5 Å². The predicted molar refractivity (Wildman–Crippen MR) is 203 cm³/mol. The maximum atomic E-state index is 14.7. The lowest BCUT2D eigenvalue weighted by molar-refractivity contribution is -0.127. The molecule has 2 aliphatic heterocycles. The second-order valence-electron chi connectivity index (χ2n) is 15.0. The molecular weight excluding hydrogens is 722 g/mol. The van der Waals surface area contributed by atoms with Crippen molar-refractivity contribution < 1.29 is 47.2 Å². The van der Waals surface area contributed by atoms with Gasteiger partial charge in [0.05, 0.1) is 31.2 Å². The summed E-state index contributed by atoms with van der Waals surface area (Å²) < 4.78 is 48.2. The molecule has 0 bridgehead atoms. The maximum absolute atomic E-state index is 14.7. The molecule has 1 aromatic heterocycles. The van der Waals surface area contributed by atoms with Crippen LogP contribution in [0, 0.1) is 17.7 Å². The van der Waals surface area contributed by atoms with Gasteiger partial charge in [0.2, 0.25) is 0 Å². The first-order valence-electron chi connectivity index (χ1n) is 17.7. The maximum Gasteiger partial charge on any atom is 0.417 e. The highest BCUT2D eigenvalue weighted by Gasteiger charge is 2.41. The van der Waals surface area contributed by atoms with E-state index < -0.39 is 41.2 Å². The van der Waals surface area contributed by atoms with Gasteiger partial charge in [-0.3, -0.25) is 9.78 Å². The van der Waals surface area contributed by atoms with Crippen molar-refractivity contribution in [3.05, 3.63) is 59.3 Å². The fraction of sp³-hybridized carbons (Fsp3) is 0.553. The van der Waals surface area contributed by atoms with Gasteiger partial charge in [0.15, 0.2) is 17.9 Å². The molecule has 54 heavy (non-hydrogen) atoms. The first-order valence-corrected chi connectivity index (χ1v) is 18.1. The summed E-state index contributed by atoms with van der Waals surface area (Å²) in [7, 11) is 4.38. The topological polar surface area (TPSA) is 150 Å². The molecule has 1 atom stereocenters. The molecule has 14 nitrogen and oxygen atoms in total. The largest absolute Gasteiger partial charge is 0.492 e. The minimum absolute atomic E-state index is 0.00182. The van der Waals surface area contributed by atoms with Gasteiger partial charge in [-0.15, -0.1) is 0 Å². The number of ether oxygens (including phenoxy) is 6. The first-order chi connectivity index (χ1) is 25.4. The fourth-order valence-electron chi connectivity index (χ4n) is 5.91. The normalized spacial score (nSPS) is 16.6.